The van der Waals surface area contributed by atoms with Crippen molar-refractivity contribution < 1.29 is 9.32 Å². The summed E-state index contributed by atoms with van der Waals surface area (Å²) in [4.78, 5) is 12.2. The third-order valence-electron chi connectivity index (χ3n) is 3.60. The Hall–Kier alpha value is -2.24. The number of halogens is 1. The highest BCUT2D eigenvalue weighted by Gasteiger charge is 2.13. The molecule has 0 unspecified atom stereocenters. The molecule has 1 aromatic heterocycles. The number of benzene rings is 2. The molecule has 0 aliphatic heterocycles. The molecule has 0 aliphatic carbocycles. The van der Waals surface area contributed by atoms with Gasteiger partial charge in [0.15, 0.2) is 0 Å². The van der Waals surface area contributed by atoms with Crippen LogP contribution in [0.25, 0.3) is 11.1 Å². The fourth-order valence-corrected chi connectivity index (χ4v) is 3.19. The number of hydrogen-bond donors (Lipinski definition) is 1. The summed E-state index contributed by atoms with van der Waals surface area (Å²) in [6.45, 7) is 2.03. The lowest BCUT2D eigenvalue weighted by atomic mass is 10.1. The molecule has 0 spiro atoms. The minimum atomic E-state index is -0.121. The van der Waals surface area contributed by atoms with E-state index in [2.05, 4.69) is 10.5 Å². The van der Waals surface area contributed by atoms with Gasteiger partial charge in [-0.1, -0.05) is 58.7 Å². The van der Waals surface area contributed by atoms with E-state index in [1.807, 2.05) is 55.5 Å². The third kappa shape index (κ3) is 4.87. The SMILES string of the molecule is Cc1ccc(-c2cnoc2NC(=O)CSCc2ccc(Cl)cc2)cc1. The number of thioether (sulfide) groups is 1. The average Bonchev–Trinajstić information content (AvgIpc) is 3.05. The maximum Gasteiger partial charge on any atom is 0.239 e. The lowest BCUT2D eigenvalue weighted by molar-refractivity contribution is -0.113. The summed E-state index contributed by atoms with van der Waals surface area (Å²) < 4.78 is 5.19. The molecule has 0 aliphatic rings. The summed E-state index contributed by atoms with van der Waals surface area (Å²) in [5.74, 6) is 1.33. The number of aryl methyl sites for hydroxylation is 1. The van der Waals surface area contributed by atoms with Crippen LogP contribution in [0.2, 0.25) is 5.02 Å². The van der Waals surface area contributed by atoms with E-state index < -0.39 is 0 Å². The van der Waals surface area contributed by atoms with E-state index in [1.54, 1.807) is 6.20 Å². The van der Waals surface area contributed by atoms with E-state index in [-0.39, 0.29) is 5.91 Å². The van der Waals surface area contributed by atoms with Crippen molar-refractivity contribution in [2.45, 2.75) is 12.7 Å². The molecule has 1 heterocycles. The van der Waals surface area contributed by atoms with E-state index in [1.165, 1.54) is 17.3 Å². The second-order valence-corrected chi connectivity index (χ2v) is 7.02. The maximum absolute atomic E-state index is 12.2. The number of rotatable bonds is 6. The van der Waals surface area contributed by atoms with Crippen LogP contribution in [0.1, 0.15) is 11.1 Å². The third-order valence-corrected chi connectivity index (χ3v) is 4.86. The second kappa shape index (κ2) is 8.23. The number of nitrogens with one attached hydrogen (secondary N) is 1. The van der Waals surface area contributed by atoms with Crippen LogP contribution in [-0.2, 0) is 10.5 Å². The summed E-state index contributed by atoms with van der Waals surface area (Å²) in [7, 11) is 0. The molecule has 0 atom stereocenters. The average molecular weight is 373 g/mol. The van der Waals surface area contributed by atoms with Gasteiger partial charge in [-0.05, 0) is 30.2 Å². The first kappa shape index (κ1) is 17.6. The smallest absolute Gasteiger partial charge is 0.239 e. The van der Waals surface area contributed by atoms with Crippen LogP contribution in [0.3, 0.4) is 0 Å². The van der Waals surface area contributed by atoms with Crippen LogP contribution >= 0.6 is 23.4 Å². The standard InChI is InChI=1S/C19H17ClN2O2S/c1-13-2-6-15(7-3-13)17-10-21-24-19(17)22-18(23)12-25-11-14-4-8-16(20)9-5-14/h2-10H,11-12H2,1H3,(H,22,23). The van der Waals surface area contributed by atoms with Crippen LogP contribution < -0.4 is 5.32 Å². The molecular formula is C19H17ClN2O2S. The Morgan fingerprint density at radius 3 is 2.60 bits per heavy atom. The van der Waals surface area contributed by atoms with Crippen molar-refractivity contribution in [2.75, 3.05) is 11.1 Å². The lowest BCUT2D eigenvalue weighted by Crippen LogP contribution is -2.14. The predicted molar refractivity (Wildman–Crippen MR) is 103 cm³/mol. The van der Waals surface area contributed by atoms with Gasteiger partial charge in [0.1, 0.15) is 0 Å². The molecule has 4 nitrogen and oxygen atoms in total. The topological polar surface area (TPSA) is 55.1 Å². The summed E-state index contributed by atoms with van der Waals surface area (Å²) in [5.41, 5.74) is 4.03. The van der Waals surface area contributed by atoms with Crippen molar-refractivity contribution >= 4 is 35.2 Å². The molecule has 2 aromatic carbocycles. The van der Waals surface area contributed by atoms with Crippen molar-refractivity contribution in [1.29, 1.82) is 0 Å². The highest BCUT2D eigenvalue weighted by molar-refractivity contribution is 7.99. The van der Waals surface area contributed by atoms with Gasteiger partial charge in [-0.25, -0.2) is 0 Å². The highest BCUT2D eigenvalue weighted by Crippen LogP contribution is 2.28. The van der Waals surface area contributed by atoms with E-state index in [9.17, 15) is 4.79 Å². The number of nitrogens with zero attached hydrogens (tertiary/aromatic N) is 1. The molecule has 1 N–H and O–H groups in total. The van der Waals surface area contributed by atoms with Crippen molar-refractivity contribution in [2.24, 2.45) is 0 Å². The van der Waals surface area contributed by atoms with Gasteiger partial charge in [0, 0.05) is 10.8 Å². The summed E-state index contributed by atoms with van der Waals surface area (Å²) in [6, 6.07) is 15.6. The quantitative estimate of drug-likeness (QED) is 0.648. The number of amides is 1. The minimum absolute atomic E-state index is 0.121. The van der Waals surface area contributed by atoms with E-state index in [0.717, 1.165) is 22.4 Å². The van der Waals surface area contributed by atoms with Gasteiger partial charge >= 0.3 is 0 Å². The van der Waals surface area contributed by atoms with E-state index in [0.29, 0.717) is 16.7 Å². The Kier molecular flexibility index (Phi) is 5.79. The molecule has 3 rings (SSSR count). The molecule has 3 aromatic rings. The van der Waals surface area contributed by atoms with Gasteiger partial charge in [0.2, 0.25) is 11.8 Å². The van der Waals surface area contributed by atoms with Gasteiger partial charge in [0.25, 0.3) is 0 Å². The van der Waals surface area contributed by atoms with Gasteiger partial charge in [-0.15, -0.1) is 11.8 Å². The summed E-state index contributed by atoms with van der Waals surface area (Å²) in [5, 5.41) is 7.30. The van der Waals surface area contributed by atoms with E-state index in [4.69, 9.17) is 16.1 Å². The predicted octanol–water partition coefficient (Wildman–Crippen LogP) is 5.18. The first-order valence-corrected chi connectivity index (χ1v) is 9.29. The van der Waals surface area contributed by atoms with Gasteiger partial charge in [-0.3, -0.25) is 10.1 Å². The number of hydrogen-bond acceptors (Lipinski definition) is 4. The number of anilines is 1. The molecule has 0 saturated carbocycles. The minimum Gasteiger partial charge on any atom is -0.338 e. The van der Waals surface area contributed by atoms with Crippen molar-refractivity contribution in [3.05, 3.63) is 70.9 Å². The molecule has 0 radical (unpaired) electrons. The molecule has 0 fully saturated rings. The van der Waals surface area contributed by atoms with E-state index >= 15 is 0 Å². The molecule has 0 bridgehead atoms. The first-order chi connectivity index (χ1) is 12.1. The number of carbonyl (C=O) groups is 1. The molecular weight excluding hydrogens is 356 g/mol. The zero-order chi connectivity index (χ0) is 17.6. The van der Waals surface area contributed by atoms with Crippen molar-refractivity contribution in [3.63, 3.8) is 0 Å². The van der Waals surface area contributed by atoms with Gasteiger partial charge < -0.3 is 4.52 Å². The zero-order valence-corrected chi connectivity index (χ0v) is 15.2. The van der Waals surface area contributed by atoms with Crippen LogP contribution in [-0.4, -0.2) is 16.8 Å². The molecule has 0 saturated heterocycles. The van der Waals surface area contributed by atoms with Crippen LogP contribution in [0.15, 0.2) is 59.3 Å². The Morgan fingerprint density at radius 1 is 1.16 bits per heavy atom. The first-order valence-electron chi connectivity index (χ1n) is 7.75. The molecule has 6 heteroatoms. The zero-order valence-electron chi connectivity index (χ0n) is 13.7. The molecule has 25 heavy (non-hydrogen) atoms. The van der Waals surface area contributed by atoms with Crippen molar-refractivity contribution in [1.82, 2.24) is 5.16 Å². The Labute approximate surface area is 155 Å². The summed E-state index contributed by atoms with van der Waals surface area (Å²) in [6.07, 6.45) is 1.61. The van der Waals surface area contributed by atoms with Gasteiger partial charge in [-0.2, -0.15) is 0 Å². The van der Waals surface area contributed by atoms with Crippen LogP contribution in [0.4, 0.5) is 5.88 Å². The summed E-state index contributed by atoms with van der Waals surface area (Å²) >= 11 is 7.39. The highest BCUT2D eigenvalue weighted by atomic mass is 35.5. The maximum atomic E-state index is 12.2. The number of carbonyl (C=O) groups excluding carboxylic acids is 1. The van der Waals surface area contributed by atoms with Crippen LogP contribution in [0.5, 0.6) is 0 Å². The van der Waals surface area contributed by atoms with Gasteiger partial charge in [0.05, 0.1) is 17.5 Å². The fourth-order valence-electron chi connectivity index (χ4n) is 2.27. The second-order valence-electron chi connectivity index (χ2n) is 5.60. The Balaban J connectivity index is 1.56. The molecule has 128 valence electrons. The fraction of sp³-hybridized carbons (Fsp3) is 0.158. The largest absolute Gasteiger partial charge is 0.338 e. The normalized spacial score (nSPS) is 10.6. The monoisotopic (exact) mass is 372 g/mol. The number of aromatic nitrogens is 1. The molecule has 1 amide bonds. The van der Waals surface area contributed by atoms with Crippen LogP contribution in [0, 0.1) is 6.92 Å². The Morgan fingerprint density at radius 2 is 1.88 bits per heavy atom. The lowest BCUT2D eigenvalue weighted by Gasteiger charge is -2.05. The van der Waals surface area contributed by atoms with Crippen molar-refractivity contribution in [3.8, 4) is 11.1 Å². The Bertz CT molecular complexity index is 845.